The fourth-order valence-corrected chi connectivity index (χ4v) is 3.20. The highest BCUT2D eigenvalue weighted by Crippen LogP contribution is 2.37. The average molecular weight is 322 g/mol. The molecule has 0 aromatic heterocycles. The Hall–Kier alpha value is -0.120. The minimum absolute atomic E-state index is 0.101. The average Bonchev–Trinajstić information content (AvgIpc) is 2.36. The van der Waals surface area contributed by atoms with Gasteiger partial charge >= 0.3 is 0 Å². The van der Waals surface area contributed by atoms with Crippen LogP contribution in [0, 0.1) is 11.2 Å². The van der Waals surface area contributed by atoms with Gasteiger partial charge in [0.1, 0.15) is 5.82 Å². The maximum atomic E-state index is 13.9. The molecule has 1 fully saturated rings. The van der Waals surface area contributed by atoms with Crippen LogP contribution >= 0.6 is 27.5 Å². The van der Waals surface area contributed by atoms with E-state index in [2.05, 4.69) is 15.9 Å². The van der Waals surface area contributed by atoms with Crippen LogP contribution in [0.2, 0.25) is 5.02 Å². The van der Waals surface area contributed by atoms with E-state index in [1.54, 1.807) is 6.07 Å². The Balaban J connectivity index is 2.20. The zero-order valence-electron chi connectivity index (χ0n) is 9.52. The van der Waals surface area contributed by atoms with Crippen LogP contribution in [0.25, 0.3) is 0 Å². The van der Waals surface area contributed by atoms with Crippen molar-refractivity contribution in [2.75, 3.05) is 18.5 Å². The zero-order chi connectivity index (χ0) is 12.3. The highest BCUT2D eigenvalue weighted by Gasteiger charge is 2.32. The summed E-state index contributed by atoms with van der Waals surface area (Å²) in [5.74, 6) is -0.277. The van der Waals surface area contributed by atoms with E-state index in [-0.39, 0.29) is 16.3 Å². The molecule has 1 aliphatic rings. The van der Waals surface area contributed by atoms with Gasteiger partial charge in [-0.1, -0.05) is 39.7 Å². The first kappa shape index (κ1) is 13.3. The van der Waals surface area contributed by atoms with Crippen molar-refractivity contribution in [3.05, 3.63) is 34.6 Å². The van der Waals surface area contributed by atoms with E-state index in [0.29, 0.717) is 12.0 Å². The van der Waals surface area contributed by atoms with Crippen LogP contribution in [0.15, 0.2) is 18.2 Å². The van der Waals surface area contributed by atoms with Crippen LogP contribution in [0.1, 0.15) is 18.4 Å². The van der Waals surface area contributed by atoms with Crippen LogP contribution in [0.5, 0.6) is 0 Å². The summed E-state index contributed by atoms with van der Waals surface area (Å²) in [6, 6.07) is 5.22. The molecule has 94 valence electrons. The van der Waals surface area contributed by atoms with E-state index in [1.807, 2.05) is 12.1 Å². The molecule has 2 rings (SSSR count). The SMILES string of the molecule is Fc1c(Cl)cccc1CC1(CBr)CCOCC1. The lowest BCUT2D eigenvalue weighted by molar-refractivity contribution is 0.0266. The third kappa shape index (κ3) is 3.01. The van der Waals surface area contributed by atoms with Gasteiger partial charge in [-0.3, -0.25) is 0 Å². The molecule has 1 heterocycles. The van der Waals surface area contributed by atoms with Crippen LogP contribution in [-0.2, 0) is 11.2 Å². The van der Waals surface area contributed by atoms with Crippen molar-refractivity contribution in [3.63, 3.8) is 0 Å². The summed E-state index contributed by atoms with van der Waals surface area (Å²) < 4.78 is 19.3. The molecule has 4 heteroatoms. The second-order valence-electron chi connectivity index (χ2n) is 4.64. The normalized spacial score (nSPS) is 19.2. The van der Waals surface area contributed by atoms with Gasteiger partial charge in [-0.25, -0.2) is 4.39 Å². The topological polar surface area (TPSA) is 9.23 Å². The predicted octanol–water partition coefficient (Wildman–Crippen LogP) is 4.21. The fourth-order valence-electron chi connectivity index (χ4n) is 2.25. The van der Waals surface area contributed by atoms with E-state index in [4.69, 9.17) is 16.3 Å². The molecule has 1 aromatic rings. The molecule has 0 radical (unpaired) electrons. The van der Waals surface area contributed by atoms with Crippen molar-refractivity contribution in [1.82, 2.24) is 0 Å². The molecule has 0 aliphatic carbocycles. The van der Waals surface area contributed by atoms with E-state index < -0.39 is 0 Å². The minimum atomic E-state index is -0.277. The van der Waals surface area contributed by atoms with E-state index in [0.717, 1.165) is 31.4 Å². The third-order valence-electron chi connectivity index (χ3n) is 3.43. The second kappa shape index (κ2) is 5.68. The van der Waals surface area contributed by atoms with Gasteiger partial charge in [0.05, 0.1) is 5.02 Å². The van der Waals surface area contributed by atoms with Gasteiger partial charge in [-0.2, -0.15) is 0 Å². The molecule has 17 heavy (non-hydrogen) atoms. The van der Waals surface area contributed by atoms with Crippen molar-refractivity contribution in [2.45, 2.75) is 19.3 Å². The van der Waals surface area contributed by atoms with Gasteiger partial charge in [0, 0.05) is 18.5 Å². The maximum Gasteiger partial charge on any atom is 0.144 e. The minimum Gasteiger partial charge on any atom is -0.381 e. The number of rotatable bonds is 3. The van der Waals surface area contributed by atoms with Crippen LogP contribution < -0.4 is 0 Å². The largest absolute Gasteiger partial charge is 0.381 e. The smallest absolute Gasteiger partial charge is 0.144 e. The van der Waals surface area contributed by atoms with E-state index in [1.165, 1.54) is 0 Å². The predicted molar refractivity (Wildman–Crippen MR) is 71.4 cm³/mol. The summed E-state index contributed by atoms with van der Waals surface area (Å²) in [6.45, 7) is 1.52. The highest BCUT2D eigenvalue weighted by molar-refractivity contribution is 9.09. The first-order chi connectivity index (χ1) is 8.17. The van der Waals surface area contributed by atoms with Gasteiger partial charge in [-0.15, -0.1) is 0 Å². The summed E-state index contributed by atoms with van der Waals surface area (Å²) in [5.41, 5.74) is 0.808. The summed E-state index contributed by atoms with van der Waals surface area (Å²) >= 11 is 9.37. The molecule has 0 atom stereocenters. The number of hydrogen-bond acceptors (Lipinski definition) is 1. The molecule has 1 aromatic carbocycles. The Kier molecular flexibility index (Phi) is 4.45. The van der Waals surface area contributed by atoms with Crippen LogP contribution in [-0.4, -0.2) is 18.5 Å². The second-order valence-corrected chi connectivity index (χ2v) is 5.60. The Morgan fingerprint density at radius 1 is 1.35 bits per heavy atom. The monoisotopic (exact) mass is 320 g/mol. The first-order valence-electron chi connectivity index (χ1n) is 5.73. The molecule has 1 nitrogen and oxygen atoms in total. The quantitative estimate of drug-likeness (QED) is 0.758. The molecule has 0 saturated carbocycles. The molecule has 0 amide bonds. The molecule has 1 saturated heterocycles. The van der Waals surface area contributed by atoms with E-state index >= 15 is 0 Å². The molecule has 0 spiro atoms. The number of halogens is 3. The fraction of sp³-hybridized carbons (Fsp3) is 0.538. The Bertz CT molecular complexity index is 391. The summed E-state index contributed by atoms with van der Waals surface area (Å²) in [6.07, 6.45) is 2.64. The molecular weight excluding hydrogens is 306 g/mol. The Morgan fingerprint density at radius 3 is 2.71 bits per heavy atom. The molecule has 1 aliphatic heterocycles. The lowest BCUT2D eigenvalue weighted by atomic mass is 9.77. The first-order valence-corrected chi connectivity index (χ1v) is 7.23. The molecule has 0 bridgehead atoms. The van der Waals surface area contributed by atoms with Crippen molar-refractivity contribution in [3.8, 4) is 0 Å². The van der Waals surface area contributed by atoms with Gasteiger partial charge in [0.15, 0.2) is 0 Å². The van der Waals surface area contributed by atoms with E-state index in [9.17, 15) is 4.39 Å². The number of hydrogen-bond donors (Lipinski definition) is 0. The number of ether oxygens (including phenoxy) is 1. The van der Waals surface area contributed by atoms with Crippen molar-refractivity contribution in [1.29, 1.82) is 0 Å². The number of benzene rings is 1. The van der Waals surface area contributed by atoms with Crippen LogP contribution in [0.3, 0.4) is 0 Å². The van der Waals surface area contributed by atoms with Gasteiger partial charge in [0.2, 0.25) is 0 Å². The van der Waals surface area contributed by atoms with Gasteiger partial charge in [-0.05, 0) is 36.3 Å². The lowest BCUT2D eigenvalue weighted by Crippen LogP contribution is -2.33. The third-order valence-corrected chi connectivity index (χ3v) is 4.92. The number of alkyl halides is 1. The summed E-state index contributed by atoms with van der Waals surface area (Å²) in [7, 11) is 0. The molecular formula is C13H15BrClFO. The zero-order valence-corrected chi connectivity index (χ0v) is 11.9. The highest BCUT2D eigenvalue weighted by atomic mass is 79.9. The standard InChI is InChI=1S/C13H15BrClFO/c14-9-13(4-6-17-7-5-13)8-10-2-1-3-11(15)12(10)16/h1-3H,4-9H2. The Morgan fingerprint density at radius 2 is 2.06 bits per heavy atom. The summed E-state index contributed by atoms with van der Waals surface area (Å²) in [4.78, 5) is 0. The van der Waals surface area contributed by atoms with Gasteiger partial charge < -0.3 is 4.74 Å². The lowest BCUT2D eigenvalue weighted by Gasteiger charge is -2.36. The van der Waals surface area contributed by atoms with Gasteiger partial charge in [0.25, 0.3) is 0 Å². The van der Waals surface area contributed by atoms with Crippen molar-refractivity contribution >= 4 is 27.5 Å². The van der Waals surface area contributed by atoms with Crippen LogP contribution in [0.4, 0.5) is 4.39 Å². The summed E-state index contributed by atoms with van der Waals surface area (Å²) in [5, 5.41) is 1.08. The Labute approximate surface area is 114 Å². The molecule has 0 unspecified atom stereocenters. The van der Waals surface area contributed by atoms with Crippen molar-refractivity contribution < 1.29 is 9.13 Å². The molecule has 0 N–H and O–H groups in total. The van der Waals surface area contributed by atoms with Crippen molar-refractivity contribution in [2.24, 2.45) is 5.41 Å². The maximum absolute atomic E-state index is 13.9.